The summed E-state index contributed by atoms with van der Waals surface area (Å²) < 4.78 is 11.0. The number of carbonyl (C=O) groups excluding carboxylic acids is 1. The van der Waals surface area contributed by atoms with Crippen LogP contribution in [0.1, 0.15) is 29.8 Å². The van der Waals surface area contributed by atoms with Crippen LogP contribution < -0.4 is 14.8 Å². The molecule has 0 fully saturated rings. The van der Waals surface area contributed by atoms with E-state index in [4.69, 9.17) is 21.1 Å². The summed E-state index contributed by atoms with van der Waals surface area (Å²) in [6, 6.07) is 9.26. The molecule has 2 aromatic carbocycles. The number of ether oxygens (including phenoxy) is 2. The predicted molar refractivity (Wildman–Crippen MR) is 98.0 cm³/mol. The maximum atomic E-state index is 12.2. The van der Waals surface area contributed by atoms with Gasteiger partial charge in [0.1, 0.15) is 5.02 Å². The first-order chi connectivity index (χ1) is 12.3. The monoisotopic (exact) mass is 378 g/mol. The summed E-state index contributed by atoms with van der Waals surface area (Å²) in [7, 11) is 1.54. The molecule has 0 aliphatic heterocycles. The molecule has 0 atom stereocenters. The number of hydrogen-bond donors (Lipinski definition) is 1. The zero-order valence-corrected chi connectivity index (χ0v) is 15.4. The van der Waals surface area contributed by atoms with Gasteiger partial charge in [-0.2, -0.15) is 0 Å². The van der Waals surface area contributed by atoms with E-state index in [0.717, 1.165) is 11.6 Å². The maximum Gasteiger partial charge on any atom is 0.288 e. The number of nitrogens with zero attached hydrogens (tertiary/aromatic N) is 1. The van der Waals surface area contributed by atoms with E-state index in [1.165, 1.54) is 19.2 Å². The Hall–Kier alpha value is -2.80. The Morgan fingerprint density at radius 1 is 1.23 bits per heavy atom. The zero-order valence-electron chi connectivity index (χ0n) is 14.6. The van der Waals surface area contributed by atoms with Crippen molar-refractivity contribution in [2.75, 3.05) is 7.11 Å². The number of carbonyl (C=O) groups is 1. The van der Waals surface area contributed by atoms with E-state index >= 15 is 0 Å². The van der Waals surface area contributed by atoms with Gasteiger partial charge < -0.3 is 14.8 Å². The van der Waals surface area contributed by atoms with Gasteiger partial charge in [-0.15, -0.1) is 0 Å². The van der Waals surface area contributed by atoms with Crippen molar-refractivity contribution in [1.82, 2.24) is 5.32 Å². The molecule has 0 aliphatic carbocycles. The van der Waals surface area contributed by atoms with Gasteiger partial charge >= 0.3 is 0 Å². The Morgan fingerprint density at radius 2 is 1.96 bits per heavy atom. The van der Waals surface area contributed by atoms with Gasteiger partial charge in [0, 0.05) is 18.2 Å². The Morgan fingerprint density at radius 3 is 2.58 bits per heavy atom. The Labute approximate surface area is 156 Å². The number of rotatable bonds is 7. The predicted octanol–water partition coefficient (Wildman–Crippen LogP) is 3.97. The van der Waals surface area contributed by atoms with Crippen LogP contribution in [0, 0.1) is 10.1 Å². The van der Waals surface area contributed by atoms with Crippen LogP contribution >= 0.6 is 11.6 Å². The van der Waals surface area contributed by atoms with Crippen molar-refractivity contribution in [3.8, 4) is 11.5 Å². The summed E-state index contributed by atoms with van der Waals surface area (Å²) in [6.45, 7) is 4.06. The standard InChI is InChI=1S/C18H19ClN2O5/c1-11(2)26-16-7-4-12(8-17(16)25-3)10-20-18(22)13-5-6-14(19)15(9-13)21(23)24/h4-9,11H,10H2,1-3H3,(H,20,22). The second kappa shape index (κ2) is 8.53. The first kappa shape index (κ1) is 19.5. The van der Waals surface area contributed by atoms with Gasteiger partial charge in [-0.05, 0) is 43.7 Å². The van der Waals surface area contributed by atoms with Gasteiger partial charge in [0.25, 0.3) is 11.6 Å². The average Bonchev–Trinajstić information content (AvgIpc) is 2.60. The summed E-state index contributed by atoms with van der Waals surface area (Å²) in [6.07, 6.45) is 0.00940. The molecule has 26 heavy (non-hydrogen) atoms. The first-order valence-electron chi connectivity index (χ1n) is 7.87. The van der Waals surface area contributed by atoms with Crippen molar-refractivity contribution in [3.05, 3.63) is 62.7 Å². The lowest BCUT2D eigenvalue weighted by molar-refractivity contribution is -0.384. The highest BCUT2D eigenvalue weighted by Crippen LogP contribution is 2.29. The lowest BCUT2D eigenvalue weighted by atomic mass is 10.1. The molecule has 138 valence electrons. The second-order valence-electron chi connectivity index (χ2n) is 5.76. The number of amides is 1. The highest BCUT2D eigenvalue weighted by Gasteiger charge is 2.16. The van der Waals surface area contributed by atoms with Gasteiger partial charge in [-0.3, -0.25) is 14.9 Å². The molecule has 2 rings (SSSR count). The largest absolute Gasteiger partial charge is 0.493 e. The van der Waals surface area contributed by atoms with Gasteiger partial charge in [-0.25, -0.2) is 0 Å². The molecular formula is C18H19ClN2O5. The Bertz CT molecular complexity index is 823. The number of nitro groups is 1. The molecule has 1 amide bonds. The van der Waals surface area contributed by atoms with Crippen LogP contribution in [0.2, 0.25) is 5.02 Å². The van der Waals surface area contributed by atoms with E-state index in [1.54, 1.807) is 12.1 Å². The molecule has 1 N–H and O–H groups in total. The molecule has 8 heteroatoms. The van der Waals surface area contributed by atoms with Crippen LogP contribution in [0.25, 0.3) is 0 Å². The van der Waals surface area contributed by atoms with Crippen molar-refractivity contribution in [3.63, 3.8) is 0 Å². The molecule has 0 heterocycles. The molecule has 0 bridgehead atoms. The molecule has 0 unspecified atom stereocenters. The number of halogens is 1. The number of methoxy groups -OCH3 is 1. The average molecular weight is 379 g/mol. The van der Waals surface area contributed by atoms with Gasteiger partial charge in [0.05, 0.1) is 18.1 Å². The molecule has 7 nitrogen and oxygen atoms in total. The minimum absolute atomic E-state index is 0.00940. The molecule has 0 aromatic heterocycles. The second-order valence-corrected chi connectivity index (χ2v) is 6.16. The van der Waals surface area contributed by atoms with E-state index in [2.05, 4.69) is 5.32 Å². The fraction of sp³-hybridized carbons (Fsp3) is 0.278. The number of nitro benzene ring substituents is 1. The van der Waals surface area contributed by atoms with Crippen LogP contribution in [-0.4, -0.2) is 24.0 Å². The van der Waals surface area contributed by atoms with E-state index in [-0.39, 0.29) is 28.9 Å². The van der Waals surface area contributed by atoms with Crippen LogP contribution in [-0.2, 0) is 6.54 Å². The molecule has 0 radical (unpaired) electrons. The SMILES string of the molecule is COc1cc(CNC(=O)c2ccc(Cl)c([N+](=O)[O-])c2)ccc1OC(C)C. The zero-order chi connectivity index (χ0) is 19.3. The van der Waals surface area contributed by atoms with E-state index in [9.17, 15) is 14.9 Å². The fourth-order valence-corrected chi connectivity index (χ4v) is 2.44. The minimum atomic E-state index is -0.628. The Balaban J connectivity index is 2.10. The molecule has 0 saturated heterocycles. The maximum absolute atomic E-state index is 12.2. The quantitative estimate of drug-likeness (QED) is 0.581. The number of benzene rings is 2. The van der Waals surface area contributed by atoms with Crippen molar-refractivity contribution in [2.45, 2.75) is 26.5 Å². The van der Waals surface area contributed by atoms with Crippen LogP contribution in [0.15, 0.2) is 36.4 Å². The van der Waals surface area contributed by atoms with Crippen LogP contribution in [0.4, 0.5) is 5.69 Å². The molecule has 0 aliphatic rings. The summed E-state index contributed by atoms with van der Waals surface area (Å²) in [5.74, 6) is 0.740. The van der Waals surface area contributed by atoms with Gasteiger partial charge in [0.15, 0.2) is 11.5 Å². The van der Waals surface area contributed by atoms with Gasteiger partial charge in [-0.1, -0.05) is 17.7 Å². The van der Waals surface area contributed by atoms with Crippen molar-refractivity contribution in [1.29, 1.82) is 0 Å². The third-order valence-corrected chi connectivity index (χ3v) is 3.77. The summed E-state index contributed by atoms with van der Waals surface area (Å²) in [4.78, 5) is 22.5. The van der Waals surface area contributed by atoms with Crippen LogP contribution in [0.3, 0.4) is 0 Å². The summed E-state index contributed by atoms with van der Waals surface area (Å²) in [5.41, 5.74) is 0.652. The summed E-state index contributed by atoms with van der Waals surface area (Å²) >= 11 is 5.75. The minimum Gasteiger partial charge on any atom is -0.493 e. The third kappa shape index (κ3) is 4.86. The smallest absolute Gasteiger partial charge is 0.288 e. The topological polar surface area (TPSA) is 90.7 Å². The van der Waals surface area contributed by atoms with Crippen molar-refractivity contribution in [2.24, 2.45) is 0 Å². The van der Waals surface area contributed by atoms with E-state index in [1.807, 2.05) is 19.9 Å². The van der Waals surface area contributed by atoms with Crippen molar-refractivity contribution >= 4 is 23.2 Å². The van der Waals surface area contributed by atoms with Gasteiger partial charge in [0.2, 0.25) is 0 Å². The molecule has 2 aromatic rings. The van der Waals surface area contributed by atoms with Crippen LogP contribution in [0.5, 0.6) is 11.5 Å². The first-order valence-corrected chi connectivity index (χ1v) is 8.25. The highest BCUT2D eigenvalue weighted by atomic mass is 35.5. The lowest BCUT2D eigenvalue weighted by Gasteiger charge is -2.14. The molecular weight excluding hydrogens is 360 g/mol. The van der Waals surface area contributed by atoms with Crippen molar-refractivity contribution < 1.29 is 19.2 Å². The molecule has 0 spiro atoms. The normalized spacial score (nSPS) is 10.5. The number of nitrogens with one attached hydrogen (secondary N) is 1. The number of hydrogen-bond acceptors (Lipinski definition) is 5. The highest BCUT2D eigenvalue weighted by molar-refractivity contribution is 6.32. The van der Waals surface area contributed by atoms with E-state index in [0.29, 0.717) is 11.5 Å². The Kier molecular flexibility index (Phi) is 6.41. The summed E-state index contributed by atoms with van der Waals surface area (Å²) in [5, 5.41) is 13.6. The third-order valence-electron chi connectivity index (χ3n) is 3.45. The van der Waals surface area contributed by atoms with E-state index < -0.39 is 10.8 Å². The fourth-order valence-electron chi connectivity index (χ4n) is 2.25. The lowest BCUT2D eigenvalue weighted by Crippen LogP contribution is -2.22. The molecule has 0 saturated carbocycles.